The number of carboxylic acids is 1. The molecular formula is C88H86BN2O22S2-. The van der Waals surface area contributed by atoms with Crippen LogP contribution in [0.25, 0.3) is 63.9 Å². The van der Waals surface area contributed by atoms with Crippen molar-refractivity contribution in [3.8, 4) is 67.5 Å². The molecule has 4 aromatic heterocycles. The first kappa shape index (κ1) is 83.5. The highest BCUT2D eigenvalue weighted by atomic mass is 32.1. The van der Waals surface area contributed by atoms with E-state index in [4.69, 9.17) is 56.8 Å². The highest BCUT2D eigenvalue weighted by Gasteiger charge is 2.36. The second-order valence-electron chi connectivity index (χ2n) is 28.2. The lowest BCUT2D eigenvalue weighted by Gasteiger charge is -2.26. The summed E-state index contributed by atoms with van der Waals surface area (Å²) < 4.78 is 57.3. The summed E-state index contributed by atoms with van der Waals surface area (Å²) in [4.78, 5) is 120. The Morgan fingerprint density at radius 1 is 0.435 bits per heavy atom. The Balaban J connectivity index is 0.000000223. The molecule has 596 valence electrons. The Morgan fingerprint density at radius 2 is 0.800 bits per heavy atom. The molecule has 3 saturated carbocycles. The fraction of sp³-hybridized carbons (Fsp3) is 0.284. The number of hydrogen-bond donors (Lipinski definition) is 3. The van der Waals surface area contributed by atoms with Gasteiger partial charge in [-0.2, -0.15) is 0 Å². The van der Waals surface area contributed by atoms with E-state index in [2.05, 4.69) is 36.9 Å². The summed E-state index contributed by atoms with van der Waals surface area (Å²) in [5, 5.41) is 31.9. The number of hydrogen-bond acceptors (Lipinski definition) is 25. The van der Waals surface area contributed by atoms with Crippen molar-refractivity contribution in [1.82, 2.24) is 9.97 Å². The smallest absolute Gasteiger partial charge is 0.330 e. The summed E-state index contributed by atoms with van der Waals surface area (Å²) in [6.07, 6.45) is 8.80. The Bertz CT molecular complexity index is 5290. The van der Waals surface area contributed by atoms with E-state index in [1.165, 1.54) is 40.9 Å². The van der Waals surface area contributed by atoms with Gasteiger partial charge in [0.05, 0.1) is 35.5 Å². The predicted octanol–water partition coefficient (Wildman–Crippen LogP) is 16.3. The summed E-state index contributed by atoms with van der Waals surface area (Å²) in [5.74, 6) is -3.13. The molecule has 14 rings (SSSR count). The van der Waals surface area contributed by atoms with Gasteiger partial charge in [-0.3, -0.25) is 33.6 Å². The minimum atomic E-state index is -0.797. The fourth-order valence-electron chi connectivity index (χ4n) is 13.7. The number of aromatic nitrogens is 2. The van der Waals surface area contributed by atoms with Gasteiger partial charge < -0.3 is 62.0 Å². The van der Waals surface area contributed by atoms with E-state index in [-0.39, 0.29) is 80.8 Å². The molecule has 27 heteroatoms. The van der Waals surface area contributed by atoms with Crippen LogP contribution in [-0.2, 0) is 65.8 Å². The quantitative estimate of drug-likeness (QED) is 0.0176. The molecule has 3 fully saturated rings. The minimum Gasteiger partial charge on any atom is -0.506 e. The zero-order valence-corrected chi connectivity index (χ0v) is 64.6. The molecule has 11 aromatic rings. The van der Waals surface area contributed by atoms with Crippen LogP contribution in [0.5, 0.6) is 46.0 Å². The molecule has 0 bridgehead atoms. The average Bonchev–Trinajstić information content (AvgIpc) is 1.58. The maximum atomic E-state index is 13.8. The van der Waals surface area contributed by atoms with E-state index < -0.39 is 59.5 Å². The number of phenols is 2. The second kappa shape index (κ2) is 37.9. The van der Waals surface area contributed by atoms with E-state index in [0.717, 1.165) is 61.9 Å². The van der Waals surface area contributed by atoms with Crippen molar-refractivity contribution in [2.75, 3.05) is 6.61 Å². The zero-order valence-electron chi connectivity index (χ0n) is 62.9. The number of fused-ring (bicyclic) bond motifs is 4. The molecule has 3 aliphatic carbocycles. The van der Waals surface area contributed by atoms with Crippen molar-refractivity contribution >= 4 is 127 Å². The molecule has 0 aliphatic heterocycles. The Labute approximate surface area is 670 Å². The minimum absolute atomic E-state index is 0. The molecule has 3 aliphatic rings. The summed E-state index contributed by atoms with van der Waals surface area (Å²) in [5.41, 5.74) is 8.14. The van der Waals surface area contributed by atoms with Crippen LogP contribution in [0.4, 0.5) is 0 Å². The third kappa shape index (κ3) is 21.1. The van der Waals surface area contributed by atoms with E-state index in [0.29, 0.717) is 148 Å². The Hall–Kier alpha value is -12.5. The molecule has 0 saturated heterocycles. The summed E-state index contributed by atoms with van der Waals surface area (Å²) in [7, 11) is 0. The number of aliphatic carboxylic acids is 1. The first-order valence-corrected chi connectivity index (χ1v) is 38.7. The Morgan fingerprint density at radius 3 is 1.21 bits per heavy atom. The third-order valence-electron chi connectivity index (χ3n) is 20.0. The number of carbonyl (C=O) groups excluding carboxylic acids is 8. The molecule has 0 amide bonds. The molecule has 24 nitrogen and oxygen atoms in total. The monoisotopic (exact) mass is 1600 g/mol. The first-order valence-electron chi connectivity index (χ1n) is 37.1. The van der Waals surface area contributed by atoms with Crippen LogP contribution >= 0.6 is 22.7 Å². The van der Waals surface area contributed by atoms with Gasteiger partial charge in [0.2, 0.25) is 0 Å². The van der Waals surface area contributed by atoms with Crippen LogP contribution in [0, 0.1) is 63.2 Å². The molecule has 0 atom stereocenters. The lowest BCUT2D eigenvalue weighted by Crippen LogP contribution is -2.30. The molecule has 115 heavy (non-hydrogen) atoms. The van der Waals surface area contributed by atoms with Gasteiger partial charge in [-0.25, -0.2) is 19.6 Å². The number of esters is 7. The number of nitrogens with zero attached hydrogens (tertiary/aromatic N) is 2. The van der Waals surface area contributed by atoms with Gasteiger partial charge >= 0.3 is 47.8 Å². The van der Waals surface area contributed by atoms with Crippen molar-refractivity contribution in [1.29, 1.82) is 0 Å². The highest BCUT2D eigenvalue weighted by molar-refractivity contribution is 7.22. The molecule has 0 unspecified atom stereocenters. The third-order valence-corrected chi connectivity index (χ3v) is 22.2. The van der Waals surface area contributed by atoms with Crippen LogP contribution in [-0.4, -0.2) is 93.8 Å². The summed E-state index contributed by atoms with van der Waals surface area (Å²) in [6.45, 7) is 18.2. The van der Waals surface area contributed by atoms with Crippen LogP contribution in [0.15, 0.2) is 180 Å². The number of ketones is 1. The standard InChI is InChI=1S/C53H49NO13S.C18H20O6.C17H13NO3S.BH4/c1-5-37(55)29-61-38-19-21-40(22-20-38)64-51(58)34-9-13-35(14-10-34)52(59)66-42-23-24-43(48-47(42)54-49(68-48)45-27-41-31(4)25-30(3)26-44(41)65-45)67-53(60)36-15-11-33(12-16-36)50(57)63-39-17-7-32(8-18-39)28-62-46(56)6-2;1-2-16(19)23-11-12-3-9-15(10-4-12)24-18(22)14-7-5-13(6-8-14)17(20)21;1-8-5-9(2)10-7-14(21-13(10)6-8)17-18-15-11(19)3-4-12(20)16(15)22-17;/h5-8,17-27,33-36H,1-2,9-16,28-29H2,3-4H3;2-4,9-10,13-14H,1,5-8,11H2,(H,20,21);3-7,19-20H,1-2H3;1H4/q;;;-1. The topological polar surface area (TPSA) is 340 Å². The number of benzene rings is 7. The fourth-order valence-corrected chi connectivity index (χ4v) is 15.7. The van der Waals surface area contributed by atoms with Gasteiger partial charge in [-0.15, -0.1) is 22.7 Å². The molecule has 0 radical (unpaired) electrons. The largest absolute Gasteiger partial charge is 0.506 e. The summed E-state index contributed by atoms with van der Waals surface area (Å²) >= 11 is 2.55. The van der Waals surface area contributed by atoms with Gasteiger partial charge in [0.25, 0.3) is 0 Å². The number of ether oxygens (including phenoxy) is 8. The van der Waals surface area contributed by atoms with Crippen LogP contribution < -0.4 is 28.4 Å². The number of thiazole rings is 2. The molecule has 0 spiro atoms. The van der Waals surface area contributed by atoms with Crippen molar-refractivity contribution in [3.63, 3.8) is 0 Å². The molecule has 4 heterocycles. The molecule has 3 N–H and O–H groups in total. The Kier molecular flexibility index (Phi) is 27.5. The van der Waals surface area contributed by atoms with Crippen LogP contribution in [0.1, 0.15) is 110 Å². The van der Waals surface area contributed by atoms with Crippen molar-refractivity contribution in [2.45, 2.75) is 118 Å². The maximum Gasteiger partial charge on any atom is 0.330 e. The summed E-state index contributed by atoms with van der Waals surface area (Å²) in [6, 6.07) is 37.8. The van der Waals surface area contributed by atoms with E-state index in [1.54, 1.807) is 84.9 Å². The SMILES string of the molecule is C=CC(=O)COc1ccc(OC(=O)C2CCC(C(=O)Oc3ccc(OC(=O)C4CCC(C(=O)Oc5ccc(COC(=O)C=C)cc5)CC4)c4sc(-c5cc6c(C)cc(C)cc6o5)nc34)CC2)cc1.C=CC(=O)OCc1ccc(OC(=O)C2CCC(C(=O)O)CC2)cc1.Cc1cc(C)c2cc(-c3nc4c(O)ccc(O)c4s3)oc2c1.[BH4-]. The van der Waals surface area contributed by atoms with Gasteiger partial charge in [-0.1, -0.05) is 64.5 Å². The zero-order chi connectivity index (χ0) is 80.9. The highest BCUT2D eigenvalue weighted by Crippen LogP contribution is 2.46. The lowest BCUT2D eigenvalue weighted by atomic mass is 9.82. The molecular weight excluding hydrogens is 1510 g/mol. The van der Waals surface area contributed by atoms with Gasteiger partial charge in [-0.05, 0) is 241 Å². The van der Waals surface area contributed by atoms with Gasteiger partial charge in [0.1, 0.15) is 79.3 Å². The molecule has 7 aromatic carbocycles. The van der Waals surface area contributed by atoms with Gasteiger partial charge in [0, 0.05) is 22.9 Å². The number of carbonyl (C=O) groups is 9. The predicted molar refractivity (Wildman–Crippen MR) is 435 cm³/mol. The van der Waals surface area contributed by atoms with Crippen LogP contribution in [0.2, 0.25) is 0 Å². The van der Waals surface area contributed by atoms with E-state index >= 15 is 0 Å². The van der Waals surface area contributed by atoms with Crippen molar-refractivity contribution in [3.05, 3.63) is 205 Å². The normalized spacial score (nSPS) is 17.0. The van der Waals surface area contributed by atoms with E-state index in [1.807, 2.05) is 52.0 Å². The second-order valence-corrected chi connectivity index (χ2v) is 30.2. The first-order chi connectivity index (χ1) is 54.8. The number of aryl methyl sites for hydroxylation is 4. The van der Waals surface area contributed by atoms with Gasteiger partial charge in [0.15, 0.2) is 45.4 Å². The lowest BCUT2D eigenvalue weighted by molar-refractivity contribution is -0.146. The van der Waals surface area contributed by atoms with Crippen LogP contribution in [0.3, 0.4) is 0 Å². The number of carboxylic acid groups (broad SMARTS) is 1. The van der Waals surface area contributed by atoms with Crippen molar-refractivity contribution in [2.24, 2.45) is 35.5 Å². The maximum absolute atomic E-state index is 13.8. The number of phenolic OH excluding ortho intramolecular Hbond substituents is 2. The number of aromatic hydroxyl groups is 2. The van der Waals surface area contributed by atoms with Crippen molar-refractivity contribution < 1.29 is 105 Å². The average molecular weight is 1600 g/mol. The van der Waals surface area contributed by atoms with E-state index in [9.17, 15) is 53.4 Å². The number of furan rings is 2. The number of rotatable bonds is 23.